The van der Waals surface area contributed by atoms with Crippen molar-refractivity contribution in [2.45, 2.75) is 39.7 Å². The standard InChI is InChI=1S/C19H24N2O2/c1-13(2)15-8-10-16(11-9-15)20-19(22)21-17-6-5-7-18(12-17)23-14(3)4/h5-14H,1-4H3,(H2,20,21,22). The summed E-state index contributed by atoms with van der Waals surface area (Å²) in [5.41, 5.74) is 2.70. The Morgan fingerprint density at radius 3 is 2.17 bits per heavy atom. The highest BCUT2D eigenvalue weighted by molar-refractivity contribution is 5.99. The fraction of sp³-hybridized carbons (Fsp3) is 0.316. The van der Waals surface area contributed by atoms with E-state index in [9.17, 15) is 4.79 Å². The van der Waals surface area contributed by atoms with Crippen LogP contribution in [0.4, 0.5) is 16.2 Å². The molecule has 0 bridgehead atoms. The Bertz CT molecular complexity index is 649. The first-order valence-corrected chi connectivity index (χ1v) is 7.88. The van der Waals surface area contributed by atoms with Crippen molar-refractivity contribution in [3.05, 3.63) is 54.1 Å². The molecule has 0 aliphatic carbocycles. The number of rotatable bonds is 5. The Hall–Kier alpha value is -2.49. The van der Waals surface area contributed by atoms with Crippen LogP contribution < -0.4 is 15.4 Å². The number of benzene rings is 2. The molecule has 0 spiro atoms. The topological polar surface area (TPSA) is 50.4 Å². The fourth-order valence-electron chi connectivity index (χ4n) is 2.16. The largest absolute Gasteiger partial charge is 0.491 e. The lowest BCUT2D eigenvalue weighted by Crippen LogP contribution is -2.19. The number of anilines is 2. The van der Waals surface area contributed by atoms with Crippen molar-refractivity contribution in [3.63, 3.8) is 0 Å². The van der Waals surface area contributed by atoms with Gasteiger partial charge in [0, 0.05) is 17.4 Å². The lowest BCUT2D eigenvalue weighted by atomic mass is 10.0. The molecule has 2 N–H and O–H groups in total. The highest BCUT2D eigenvalue weighted by Crippen LogP contribution is 2.20. The van der Waals surface area contributed by atoms with Crippen molar-refractivity contribution in [2.75, 3.05) is 10.6 Å². The van der Waals surface area contributed by atoms with Gasteiger partial charge in [-0.1, -0.05) is 32.0 Å². The molecule has 23 heavy (non-hydrogen) atoms. The minimum atomic E-state index is -0.274. The third-order valence-corrected chi connectivity index (χ3v) is 3.30. The van der Waals surface area contributed by atoms with Crippen LogP contribution >= 0.6 is 0 Å². The summed E-state index contributed by atoms with van der Waals surface area (Å²) in [5, 5.41) is 5.64. The number of amides is 2. The van der Waals surface area contributed by atoms with E-state index in [2.05, 4.69) is 24.5 Å². The highest BCUT2D eigenvalue weighted by atomic mass is 16.5. The number of nitrogens with one attached hydrogen (secondary N) is 2. The van der Waals surface area contributed by atoms with Gasteiger partial charge in [-0.3, -0.25) is 0 Å². The molecule has 2 amide bonds. The van der Waals surface area contributed by atoms with Gasteiger partial charge in [0.1, 0.15) is 5.75 Å². The second-order valence-corrected chi connectivity index (χ2v) is 6.05. The van der Waals surface area contributed by atoms with Gasteiger partial charge in [-0.05, 0) is 49.6 Å². The van der Waals surface area contributed by atoms with E-state index in [4.69, 9.17) is 4.74 Å². The molecule has 2 aromatic rings. The quantitative estimate of drug-likeness (QED) is 0.793. The molecule has 0 fully saturated rings. The van der Waals surface area contributed by atoms with Crippen molar-refractivity contribution >= 4 is 17.4 Å². The van der Waals surface area contributed by atoms with Gasteiger partial charge in [0.15, 0.2) is 0 Å². The van der Waals surface area contributed by atoms with E-state index in [1.807, 2.05) is 56.3 Å². The van der Waals surface area contributed by atoms with Gasteiger partial charge in [0.2, 0.25) is 0 Å². The monoisotopic (exact) mass is 312 g/mol. The lowest BCUT2D eigenvalue weighted by Gasteiger charge is -2.12. The van der Waals surface area contributed by atoms with Gasteiger partial charge in [0.05, 0.1) is 6.10 Å². The van der Waals surface area contributed by atoms with Crippen LogP contribution in [0.3, 0.4) is 0 Å². The van der Waals surface area contributed by atoms with Gasteiger partial charge in [-0.15, -0.1) is 0 Å². The number of urea groups is 1. The van der Waals surface area contributed by atoms with Crippen molar-refractivity contribution in [2.24, 2.45) is 0 Å². The van der Waals surface area contributed by atoms with E-state index in [0.717, 1.165) is 11.4 Å². The molecule has 0 heterocycles. The smallest absolute Gasteiger partial charge is 0.323 e. The van der Waals surface area contributed by atoms with Crippen LogP contribution in [-0.2, 0) is 0 Å². The summed E-state index contributed by atoms with van der Waals surface area (Å²) < 4.78 is 5.62. The Morgan fingerprint density at radius 2 is 1.57 bits per heavy atom. The zero-order valence-electron chi connectivity index (χ0n) is 14.1. The maximum absolute atomic E-state index is 12.1. The Kier molecular flexibility index (Phi) is 5.63. The molecule has 2 rings (SSSR count). The number of ether oxygens (including phenoxy) is 1. The molecule has 4 heteroatoms. The highest BCUT2D eigenvalue weighted by Gasteiger charge is 2.05. The van der Waals surface area contributed by atoms with Gasteiger partial charge in [-0.2, -0.15) is 0 Å². The first kappa shape index (κ1) is 16.9. The Balaban J connectivity index is 1.96. The molecular weight excluding hydrogens is 288 g/mol. The second kappa shape index (κ2) is 7.68. The van der Waals surface area contributed by atoms with Crippen molar-refractivity contribution in [1.82, 2.24) is 0 Å². The molecule has 0 aromatic heterocycles. The number of hydrogen-bond acceptors (Lipinski definition) is 2. The molecule has 122 valence electrons. The minimum Gasteiger partial charge on any atom is -0.491 e. The molecule has 0 atom stereocenters. The predicted octanol–water partition coefficient (Wildman–Crippen LogP) is 5.24. The van der Waals surface area contributed by atoms with Gasteiger partial charge >= 0.3 is 6.03 Å². The van der Waals surface area contributed by atoms with E-state index >= 15 is 0 Å². The predicted molar refractivity (Wildman–Crippen MR) is 95.4 cm³/mol. The molecular formula is C19H24N2O2. The van der Waals surface area contributed by atoms with Crippen LogP contribution in [-0.4, -0.2) is 12.1 Å². The van der Waals surface area contributed by atoms with E-state index in [1.165, 1.54) is 5.56 Å². The van der Waals surface area contributed by atoms with Crippen LogP contribution in [0.25, 0.3) is 0 Å². The zero-order chi connectivity index (χ0) is 16.8. The molecule has 4 nitrogen and oxygen atoms in total. The van der Waals surface area contributed by atoms with Gasteiger partial charge in [0.25, 0.3) is 0 Å². The molecule has 0 aliphatic rings. The summed E-state index contributed by atoms with van der Waals surface area (Å²) in [6, 6.07) is 15.0. The van der Waals surface area contributed by atoms with Crippen LogP contribution in [0.2, 0.25) is 0 Å². The van der Waals surface area contributed by atoms with E-state index < -0.39 is 0 Å². The first-order chi connectivity index (χ1) is 10.9. The Labute approximate surface area is 137 Å². The molecule has 0 radical (unpaired) electrons. The second-order valence-electron chi connectivity index (χ2n) is 6.05. The summed E-state index contributed by atoms with van der Waals surface area (Å²) in [7, 11) is 0. The number of carbonyl (C=O) groups is 1. The van der Waals surface area contributed by atoms with Gasteiger partial charge < -0.3 is 15.4 Å². The normalized spacial score (nSPS) is 10.7. The van der Waals surface area contributed by atoms with Crippen molar-refractivity contribution < 1.29 is 9.53 Å². The molecule has 0 saturated carbocycles. The van der Waals surface area contributed by atoms with E-state index in [0.29, 0.717) is 11.6 Å². The van der Waals surface area contributed by atoms with Crippen molar-refractivity contribution in [1.29, 1.82) is 0 Å². The lowest BCUT2D eigenvalue weighted by molar-refractivity contribution is 0.242. The van der Waals surface area contributed by atoms with Gasteiger partial charge in [-0.25, -0.2) is 4.79 Å². The summed E-state index contributed by atoms with van der Waals surface area (Å²) in [6.45, 7) is 8.21. The number of carbonyl (C=O) groups excluding carboxylic acids is 1. The maximum Gasteiger partial charge on any atom is 0.323 e. The van der Waals surface area contributed by atoms with E-state index in [1.54, 1.807) is 6.07 Å². The summed E-state index contributed by atoms with van der Waals surface area (Å²) in [4.78, 5) is 12.1. The maximum atomic E-state index is 12.1. The zero-order valence-corrected chi connectivity index (χ0v) is 14.1. The molecule has 0 aliphatic heterocycles. The van der Waals surface area contributed by atoms with Crippen LogP contribution in [0.15, 0.2) is 48.5 Å². The molecule has 0 saturated heterocycles. The van der Waals surface area contributed by atoms with Crippen LogP contribution in [0.1, 0.15) is 39.2 Å². The van der Waals surface area contributed by atoms with E-state index in [-0.39, 0.29) is 12.1 Å². The molecule has 2 aromatic carbocycles. The fourth-order valence-corrected chi connectivity index (χ4v) is 2.16. The van der Waals surface area contributed by atoms with Crippen molar-refractivity contribution in [3.8, 4) is 5.75 Å². The summed E-state index contributed by atoms with van der Waals surface area (Å²) >= 11 is 0. The first-order valence-electron chi connectivity index (χ1n) is 7.88. The Morgan fingerprint density at radius 1 is 0.913 bits per heavy atom. The van der Waals surface area contributed by atoms with Crippen LogP contribution in [0.5, 0.6) is 5.75 Å². The summed E-state index contributed by atoms with van der Waals surface area (Å²) in [5.74, 6) is 1.21. The number of hydrogen-bond donors (Lipinski definition) is 2. The third kappa shape index (κ3) is 5.33. The average Bonchev–Trinajstić information content (AvgIpc) is 2.47. The van der Waals surface area contributed by atoms with Crippen LogP contribution in [0, 0.1) is 0 Å². The third-order valence-electron chi connectivity index (χ3n) is 3.30. The molecule has 0 unspecified atom stereocenters. The summed E-state index contributed by atoms with van der Waals surface area (Å²) in [6.07, 6.45) is 0.0959. The average molecular weight is 312 g/mol. The SMILES string of the molecule is CC(C)Oc1cccc(NC(=O)Nc2ccc(C(C)C)cc2)c1. The minimum absolute atomic E-state index is 0.0959.